The van der Waals surface area contributed by atoms with Gasteiger partial charge in [-0.25, -0.2) is 4.79 Å². The van der Waals surface area contributed by atoms with Gasteiger partial charge in [0.1, 0.15) is 0 Å². The number of fused-ring (bicyclic) bond motifs is 4. The summed E-state index contributed by atoms with van der Waals surface area (Å²) in [6.07, 6.45) is 12.0. The van der Waals surface area contributed by atoms with Crippen LogP contribution in [0.1, 0.15) is 40.4 Å². The van der Waals surface area contributed by atoms with E-state index in [1.807, 2.05) is 12.2 Å². The highest BCUT2D eigenvalue weighted by molar-refractivity contribution is 5.88. The van der Waals surface area contributed by atoms with E-state index in [1.54, 1.807) is 6.07 Å². The summed E-state index contributed by atoms with van der Waals surface area (Å²) in [7, 11) is 0. The van der Waals surface area contributed by atoms with Gasteiger partial charge in [-0.15, -0.1) is 12.4 Å². The molecule has 0 bridgehead atoms. The van der Waals surface area contributed by atoms with Gasteiger partial charge in [0.15, 0.2) is 0 Å². The zero-order valence-electron chi connectivity index (χ0n) is 12.0. The van der Waals surface area contributed by atoms with E-state index in [2.05, 4.69) is 22.5 Å². The Morgan fingerprint density at radius 2 is 2.27 bits per heavy atom. The quantitative estimate of drug-likeness (QED) is 0.835. The van der Waals surface area contributed by atoms with E-state index in [9.17, 15) is 4.79 Å². The van der Waals surface area contributed by atoms with Crippen LogP contribution in [0.5, 0.6) is 0 Å². The smallest absolute Gasteiger partial charge is 0.337 e. The highest BCUT2D eigenvalue weighted by atomic mass is 35.5. The van der Waals surface area contributed by atoms with Crippen molar-refractivity contribution >= 4 is 24.5 Å². The van der Waals surface area contributed by atoms with Crippen molar-refractivity contribution < 1.29 is 9.90 Å². The standard InChI is InChI=1S/C17H16N2O2.ClH/c20-17(21)13-6-12-3-1-2-10-8-15-11(4-5-18-15)7-14(10)16(12)19-9-13;/h1-3,6,8-9,11,14,18H,4-5,7H2,(H,20,21);1H. The van der Waals surface area contributed by atoms with Gasteiger partial charge in [-0.2, -0.15) is 0 Å². The molecule has 1 fully saturated rings. The molecule has 0 radical (unpaired) electrons. The van der Waals surface area contributed by atoms with Gasteiger partial charge in [0.2, 0.25) is 0 Å². The Balaban J connectivity index is 0.00000144. The van der Waals surface area contributed by atoms with Crippen LogP contribution < -0.4 is 5.32 Å². The molecule has 3 aliphatic rings. The number of allylic oxidation sites excluding steroid dienone is 5. The first-order valence-corrected chi connectivity index (χ1v) is 7.29. The third-order valence-corrected chi connectivity index (χ3v) is 4.60. The van der Waals surface area contributed by atoms with E-state index < -0.39 is 5.97 Å². The van der Waals surface area contributed by atoms with Crippen LogP contribution in [0.25, 0.3) is 6.08 Å². The van der Waals surface area contributed by atoms with E-state index in [0.717, 1.165) is 24.2 Å². The summed E-state index contributed by atoms with van der Waals surface area (Å²) in [6, 6.07) is 1.73. The minimum absolute atomic E-state index is 0. The van der Waals surface area contributed by atoms with E-state index in [0.29, 0.717) is 5.92 Å². The molecule has 1 aromatic rings. The van der Waals surface area contributed by atoms with Gasteiger partial charge in [-0.05, 0) is 36.1 Å². The number of hydrogen-bond donors (Lipinski definition) is 2. The topological polar surface area (TPSA) is 62.2 Å². The number of aromatic nitrogens is 1. The zero-order chi connectivity index (χ0) is 14.4. The monoisotopic (exact) mass is 316 g/mol. The average Bonchev–Trinajstić information content (AvgIpc) is 2.85. The maximum atomic E-state index is 11.1. The van der Waals surface area contributed by atoms with Crippen molar-refractivity contribution in [1.82, 2.24) is 10.3 Å². The highest BCUT2D eigenvalue weighted by Gasteiger charge is 2.33. The number of carboxylic acid groups (broad SMARTS) is 1. The molecular formula is C17H17ClN2O2. The molecule has 2 heterocycles. The minimum atomic E-state index is -0.929. The van der Waals surface area contributed by atoms with Crippen LogP contribution in [-0.2, 0) is 0 Å². The van der Waals surface area contributed by atoms with Gasteiger partial charge < -0.3 is 10.4 Å². The van der Waals surface area contributed by atoms with Crippen LogP contribution in [0.4, 0.5) is 0 Å². The summed E-state index contributed by atoms with van der Waals surface area (Å²) in [6.45, 7) is 1.05. The average molecular weight is 317 g/mol. The number of carboxylic acids is 1. The highest BCUT2D eigenvalue weighted by Crippen LogP contribution is 2.43. The predicted octanol–water partition coefficient (Wildman–Crippen LogP) is 3.14. The van der Waals surface area contributed by atoms with E-state index in [1.165, 1.54) is 23.9 Å². The molecule has 2 N–H and O–H groups in total. The van der Waals surface area contributed by atoms with Crippen molar-refractivity contribution in [2.24, 2.45) is 5.92 Å². The zero-order valence-corrected chi connectivity index (χ0v) is 12.8. The molecule has 2 aliphatic carbocycles. The van der Waals surface area contributed by atoms with Crippen LogP contribution in [0.3, 0.4) is 0 Å². The Hall–Kier alpha value is -2.07. The van der Waals surface area contributed by atoms with Crippen molar-refractivity contribution in [3.05, 3.63) is 58.6 Å². The Kier molecular flexibility index (Phi) is 3.79. The molecule has 4 nitrogen and oxygen atoms in total. The second-order valence-electron chi connectivity index (χ2n) is 5.83. The molecule has 0 saturated carbocycles. The minimum Gasteiger partial charge on any atom is -0.478 e. The molecule has 0 aromatic carbocycles. The summed E-state index contributed by atoms with van der Waals surface area (Å²) in [5.41, 5.74) is 4.78. The molecule has 5 heteroatoms. The Bertz CT molecular complexity index is 721. The van der Waals surface area contributed by atoms with Crippen LogP contribution in [0.15, 0.2) is 41.8 Å². The van der Waals surface area contributed by atoms with E-state index in [-0.39, 0.29) is 23.9 Å². The summed E-state index contributed by atoms with van der Waals surface area (Å²) < 4.78 is 0. The predicted molar refractivity (Wildman–Crippen MR) is 87.1 cm³/mol. The van der Waals surface area contributed by atoms with Crippen molar-refractivity contribution in [1.29, 1.82) is 0 Å². The van der Waals surface area contributed by atoms with Gasteiger partial charge in [0.05, 0.1) is 11.3 Å². The van der Waals surface area contributed by atoms with Gasteiger partial charge in [-0.3, -0.25) is 4.98 Å². The lowest BCUT2D eigenvalue weighted by Crippen LogP contribution is -2.19. The number of nitrogens with one attached hydrogen (secondary N) is 1. The third-order valence-electron chi connectivity index (χ3n) is 4.60. The first-order valence-electron chi connectivity index (χ1n) is 7.29. The summed E-state index contributed by atoms with van der Waals surface area (Å²) in [5, 5.41) is 12.6. The molecule has 1 saturated heterocycles. The van der Waals surface area contributed by atoms with Crippen LogP contribution in [0.2, 0.25) is 0 Å². The second-order valence-corrected chi connectivity index (χ2v) is 5.83. The van der Waals surface area contributed by atoms with Crippen LogP contribution >= 0.6 is 12.4 Å². The van der Waals surface area contributed by atoms with Crippen LogP contribution in [-0.4, -0.2) is 22.6 Å². The first kappa shape index (κ1) is 14.9. The summed E-state index contributed by atoms with van der Waals surface area (Å²) >= 11 is 0. The number of aromatic carboxylic acids is 1. The number of halogens is 1. The van der Waals surface area contributed by atoms with Crippen molar-refractivity contribution in [2.75, 3.05) is 6.54 Å². The lowest BCUT2D eigenvalue weighted by atomic mass is 9.78. The molecule has 114 valence electrons. The van der Waals surface area contributed by atoms with Gasteiger partial charge >= 0.3 is 5.97 Å². The fourth-order valence-electron chi connectivity index (χ4n) is 3.54. The Morgan fingerprint density at radius 1 is 1.41 bits per heavy atom. The molecule has 22 heavy (non-hydrogen) atoms. The molecule has 0 spiro atoms. The molecule has 2 atom stereocenters. The largest absolute Gasteiger partial charge is 0.478 e. The maximum Gasteiger partial charge on any atom is 0.337 e. The Morgan fingerprint density at radius 3 is 3.09 bits per heavy atom. The lowest BCUT2D eigenvalue weighted by molar-refractivity contribution is 0.0696. The first-order chi connectivity index (χ1) is 10.2. The number of rotatable bonds is 1. The second kappa shape index (κ2) is 5.61. The SMILES string of the molecule is Cl.O=C(O)c1cnc2c(c1)C=CC=C1C=C3NCCC3CC12. The van der Waals surface area contributed by atoms with Gasteiger partial charge in [0, 0.05) is 30.3 Å². The molecule has 4 rings (SSSR count). The van der Waals surface area contributed by atoms with Crippen molar-refractivity contribution in [2.45, 2.75) is 18.8 Å². The van der Waals surface area contributed by atoms with Gasteiger partial charge in [0.25, 0.3) is 0 Å². The number of pyridine rings is 1. The normalized spacial score (nSPS) is 24.5. The van der Waals surface area contributed by atoms with Gasteiger partial charge in [-0.1, -0.05) is 18.2 Å². The molecular weight excluding hydrogens is 300 g/mol. The Labute approximate surface area is 135 Å². The van der Waals surface area contributed by atoms with Crippen molar-refractivity contribution in [3.8, 4) is 0 Å². The fraction of sp³-hybridized carbons (Fsp3) is 0.294. The number of carbonyl (C=O) groups is 1. The number of hydrogen-bond acceptors (Lipinski definition) is 3. The van der Waals surface area contributed by atoms with E-state index in [4.69, 9.17) is 5.11 Å². The molecule has 1 aliphatic heterocycles. The number of nitrogens with zero attached hydrogens (tertiary/aromatic N) is 1. The maximum absolute atomic E-state index is 11.1. The molecule has 0 amide bonds. The third kappa shape index (κ3) is 2.33. The molecule has 1 aromatic heterocycles. The van der Waals surface area contributed by atoms with E-state index >= 15 is 0 Å². The molecule has 2 unspecified atom stereocenters. The fourth-order valence-corrected chi connectivity index (χ4v) is 3.54. The van der Waals surface area contributed by atoms with Crippen molar-refractivity contribution in [3.63, 3.8) is 0 Å². The summed E-state index contributed by atoms with van der Waals surface area (Å²) in [5.74, 6) is -0.0764. The van der Waals surface area contributed by atoms with Crippen LogP contribution in [0, 0.1) is 5.92 Å². The lowest BCUT2D eigenvalue weighted by Gasteiger charge is -2.27. The summed E-state index contributed by atoms with van der Waals surface area (Å²) in [4.78, 5) is 15.6.